The molecule has 38 heavy (non-hydrogen) atoms. The molecule has 0 aliphatic rings. The van der Waals surface area contributed by atoms with Crippen LogP contribution in [0.15, 0.2) is 67.4 Å². The number of carboxylic acids is 1. The van der Waals surface area contributed by atoms with E-state index in [1.54, 1.807) is 30.3 Å². The Hall–Kier alpha value is -3.21. The Morgan fingerprint density at radius 2 is 1.95 bits per heavy atom. The monoisotopic (exact) mass is 661 g/mol. The quantitative estimate of drug-likeness (QED) is 0.200. The molecule has 0 atom stereocenters. The third-order valence-electron chi connectivity index (χ3n) is 5.52. The summed E-state index contributed by atoms with van der Waals surface area (Å²) in [6.07, 6.45) is 2.01. The van der Waals surface area contributed by atoms with E-state index >= 15 is 0 Å². The summed E-state index contributed by atoms with van der Waals surface area (Å²) in [5.74, 6) is 0.157. The van der Waals surface area contributed by atoms with Crippen LogP contribution < -0.4 is 15.0 Å². The van der Waals surface area contributed by atoms with Gasteiger partial charge in [0.2, 0.25) is 0 Å². The third kappa shape index (κ3) is 5.92. The number of hydrogen-bond acceptors (Lipinski definition) is 6. The van der Waals surface area contributed by atoms with Crippen LogP contribution >= 0.6 is 43.5 Å². The highest BCUT2D eigenvalue weighted by Crippen LogP contribution is 2.42. The molecule has 4 rings (SSSR count). The van der Waals surface area contributed by atoms with Gasteiger partial charge in [-0.1, -0.05) is 46.6 Å². The number of nitrogens with zero attached hydrogens (tertiary/aromatic N) is 3. The average Bonchev–Trinajstić information content (AvgIpc) is 2.90. The minimum atomic E-state index is -1.02. The summed E-state index contributed by atoms with van der Waals surface area (Å²) >= 11 is 13.6. The van der Waals surface area contributed by atoms with E-state index in [9.17, 15) is 14.7 Å². The van der Waals surface area contributed by atoms with Gasteiger partial charge in [-0.25, -0.2) is 9.78 Å². The van der Waals surface area contributed by atoms with Gasteiger partial charge in [0.15, 0.2) is 11.5 Å². The summed E-state index contributed by atoms with van der Waals surface area (Å²) in [5, 5.41) is 14.4. The lowest BCUT2D eigenvalue weighted by Crippen LogP contribution is -2.22. The van der Waals surface area contributed by atoms with Crippen LogP contribution in [0, 0.1) is 0 Å². The van der Waals surface area contributed by atoms with Crippen LogP contribution in [0.5, 0.6) is 11.5 Å². The van der Waals surface area contributed by atoms with Gasteiger partial charge >= 0.3 is 5.97 Å². The first-order valence-electron chi connectivity index (χ1n) is 11.6. The fourth-order valence-corrected chi connectivity index (χ4v) is 4.72. The molecule has 0 bridgehead atoms. The Bertz CT molecular complexity index is 1620. The van der Waals surface area contributed by atoms with E-state index in [4.69, 9.17) is 21.1 Å². The second-order valence-corrected chi connectivity index (χ2v) is 10.1. The van der Waals surface area contributed by atoms with Crippen molar-refractivity contribution in [3.8, 4) is 11.5 Å². The van der Waals surface area contributed by atoms with Crippen molar-refractivity contribution < 1.29 is 19.4 Å². The predicted molar refractivity (Wildman–Crippen MR) is 154 cm³/mol. The van der Waals surface area contributed by atoms with E-state index in [1.165, 1.54) is 23.0 Å². The lowest BCUT2D eigenvalue weighted by molar-refractivity contribution is 0.0696. The largest absolute Gasteiger partial charge is 0.490 e. The zero-order valence-electron chi connectivity index (χ0n) is 20.4. The molecule has 1 heterocycles. The molecule has 8 nitrogen and oxygen atoms in total. The number of aryl methyl sites for hydroxylation is 1. The highest BCUT2D eigenvalue weighted by molar-refractivity contribution is 9.10. The van der Waals surface area contributed by atoms with Gasteiger partial charge in [-0.3, -0.25) is 4.79 Å². The van der Waals surface area contributed by atoms with E-state index < -0.39 is 5.97 Å². The molecule has 3 aromatic carbocycles. The number of aromatic carboxylic acids is 1. The van der Waals surface area contributed by atoms with Crippen LogP contribution in [0.2, 0.25) is 5.02 Å². The minimum absolute atomic E-state index is 0.0777. The molecule has 0 saturated carbocycles. The maximum atomic E-state index is 13.2. The van der Waals surface area contributed by atoms with Crippen LogP contribution in [-0.2, 0) is 13.0 Å². The van der Waals surface area contributed by atoms with Gasteiger partial charge in [-0.15, -0.1) is 0 Å². The zero-order valence-corrected chi connectivity index (χ0v) is 24.3. The summed E-state index contributed by atoms with van der Waals surface area (Å²) in [4.78, 5) is 29.1. The topological polar surface area (TPSA) is 103 Å². The molecule has 0 aliphatic heterocycles. The number of aromatic nitrogens is 2. The smallest absolute Gasteiger partial charge is 0.335 e. The van der Waals surface area contributed by atoms with Crippen molar-refractivity contribution in [1.82, 2.24) is 9.66 Å². The van der Waals surface area contributed by atoms with Crippen molar-refractivity contribution in [1.29, 1.82) is 0 Å². The molecule has 0 saturated heterocycles. The van der Waals surface area contributed by atoms with Crippen LogP contribution in [0.3, 0.4) is 0 Å². The summed E-state index contributed by atoms with van der Waals surface area (Å²) in [6, 6.07) is 13.5. The first-order valence-corrected chi connectivity index (χ1v) is 13.5. The lowest BCUT2D eigenvalue weighted by atomic mass is 10.1. The van der Waals surface area contributed by atoms with Gasteiger partial charge in [0.1, 0.15) is 17.5 Å². The molecule has 0 unspecified atom stereocenters. The van der Waals surface area contributed by atoms with Gasteiger partial charge in [-0.05, 0) is 64.8 Å². The van der Waals surface area contributed by atoms with Gasteiger partial charge in [0, 0.05) is 20.9 Å². The van der Waals surface area contributed by atoms with Crippen molar-refractivity contribution in [2.45, 2.75) is 26.9 Å². The normalized spacial score (nSPS) is 11.3. The Morgan fingerprint density at radius 1 is 1.16 bits per heavy atom. The van der Waals surface area contributed by atoms with Crippen LogP contribution in [0.25, 0.3) is 10.9 Å². The number of fused-ring (bicyclic) bond motifs is 1. The van der Waals surface area contributed by atoms with Crippen molar-refractivity contribution in [3.63, 3.8) is 0 Å². The SMILES string of the molecule is CCOc1cc(C=Nn2c(CC)nc3ccc(Br)cc3c2=O)c(Br)c(Cl)c1OCc1cccc(C(=O)O)c1. The minimum Gasteiger partial charge on any atom is -0.490 e. The molecule has 0 aliphatic carbocycles. The molecule has 196 valence electrons. The fraction of sp³-hybridized carbons (Fsp3) is 0.185. The number of halogens is 3. The molecular weight excluding hydrogens is 642 g/mol. The van der Waals surface area contributed by atoms with Crippen molar-refractivity contribution in [2.24, 2.45) is 5.10 Å². The lowest BCUT2D eigenvalue weighted by Gasteiger charge is -2.16. The maximum Gasteiger partial charge on any atom is 0.335 e. The van der Waals surface area contributed by atoms with Crippen molar-refractivity contribution in [3.05, 3.63) is 95.4 Å². The maximum absolute atomic E-state index is 13.2. The number of carbonyl (C=O) groups is 1. The van der Waals surface area contributed by atoms with E-state index in [0.717, 1.165) is 4.47 Å². The van der Waals surface area contributed by atoms with E-state index in [1.807, 2.05) is 19.9 Å². The fourth-order valence-electron chi connectivity index (χ4n) is 3.71. The predicted octanol–water partition coefficient (Wildman–Crippen LogP) is 6.70. The number of carboxylic acid groups (broad SMARTS) is 1. The second-order valence-electron chi connectivity index (χ2n) is 8.05. The number of hydrogen-bond donors (Lipinski definition) is 1. The highest BCUT2D eigenvalue weighted by Gasteiger charge is 2.18. The Labute approximate surface area is 240 Å². The van der Waals surface area contributed by atoms with E-state index in [0.29, 0.717) is 56.9 Å². The van der Waals surface area contributed by atoms with Crippen molar-refractivity contribution in [2.75, 3.05) is 6.61 Å². The van der Waals surface area contributed by atoms with Gasteiger partial charge < -0.3 is 14.6 Å². The number of benzene rings is 3. The molecular formula is C27H22Br2ClN3O5. The summed E-state index contributed by atoms with van der Waals surface area (Å²) < 4.78 is 14.3. The summed E-state index contributed by atoms with van der Waals surface area (Å²) in [5.41, 5.74) is 1.68. The molecule has 0 amide bonds. The molecule has 1 N–H and O–H groups in total. The van der Waals surface area contributed by atoms with Gasteiger partial charge in [0.25, 0.3) is 5.56 Å². The second kappa shape index (κ2) is 12.1. The molecule has 11 heteroatoms. The van der Waals surface area contributed by atoms with E-state index in [2.05, 4.69) is 41.9 Å². The first kappa shape index (κ1) is 27.8. The Morgan fingerprint density at radius 3 is 2.66 bits per heavy atom. The van der Waals surface area contributed by atoms with Crippen molar-refractivity contribution >= 4 is 66.5 Å². The third-order valence-corrected chi connectivity index (χ3v) is 7.45. The number of rotatable bonds is 9. The molecule has 0 spiro atoms. The molecule has 1 aromatic heterocycles. The van der Waals surface area contributed by atoms with Gasteiger partial charge in [-0.2, -0.15) is 9.78 Å². The van der Waals surface area contributed by atoms with Crippen LogP contribution in [-0.4, -0.2) is 33.6 Å². The van der Waals surface area contributed by atoms with Crippen LogP contribution in [0.4, 0.5) is 0 Å². The average molecular weight is 664 g/mol. The number of ether oxygens (including phenoxy) is 2. The van der Waals surface area contributed by atoms with Gasteiger partial charge in [0.05, 0.1) is 29.3 Å². The van der Waals surface area contributed by atoms with Crippen LogP contribution in [0.1, 0.15) is 41.2 Å². The Kier molecular flexibility index (Phi) is 8.86. The summed E-state index contributed by atoms with van der Waals surface area (Å²) in [6.45, 7) is 4.16. The standard InChI is InChI=1S/C27H22Br2ClN3O5/c1-3-22-32-20-9-8-18(28)12-19(20)26(34)33(22)31-13-17-11-21(37-4-2)25(24(30)23(17)29)38-14-15-6-5-7-16(10-15)27(35)36/h5-13H,3-4,14H2,1-2H3,(H,35,36). The first-order chi connectivity index (χ1) is 18.2. The molecule has 4 aromatic rings. The van der Waals surface area contributed by atoms with E-state index in [-0.39, 0.29) is 22.8 Å². The zero-order chi connectivity index (χ0) is 27.4. The molecule has 0 fully saturated rings. The Balaban J connectivity index is 1.71. The highest BCUT2D eigenvalue weighted by atomic mass is 79.9. The molecule has 0 radical (unpaired) electrons. The summed E-state index contributed by atoms with van der Waals surface area (Å²) in [7, 11) is 0.